The summed E-state index contributed by atoms with van der Waals surface area (Å²) in [5, 5.41) is 14.4. The van der Waals surface area contributed by atoms with E-state index >= 15 is 0 Å². The smallest absolute Gasteiger partial charge is 0.335 e. The van der Waals surface area contributed by atoms with Gasteiger partial charge in [-0.2, -0.15) is 0 Å². The average molecular weight is 292 g/mol. The Balaban J connectivity index is 1.69. The molecule has 0 saturated carbocycles. The van der Waals surface area contributed by atoms with E-state index in [1.54, 1.807) is 12.1 Å². The second-order valence-electron chi connectivity index (χ2n) is 5.12. The number of aromatic carboxylic acids is 1. The minimum atomic E-state index is -0.955. The van der Waals surface area contributed by atoms with Crippen molar-refractivity contribution in [3.05, 3.63) is 35.4 Å². The van der Waals surface area contributed by atoms with Crippen molar-refractivity contribution in [1.82, 2.24) is 10.6 Å². The van der Waals surface area contributed by atoms with Crippen molar-refractivity contribution in [3.63, 3.8) is 0 Å². The fraction of sp³-hybridized carbons (Fsp3) is 0.467. The van der Waals surface area contributed by atoms with Gasteiger partial charge in [0.2, 0.25) is 0 Å². The predicted molar refractivity (Wildman–Crippen MR) is 77.2 cm³/mol. The lowest BCUT2D eigenvalue weighted by atomic mass is 10.0. The predicted octanol–water partition coefficient (Wildman–Crippen LogP) is 1.61. The third-order valence-electron chi connectivity index (χ3n) is 3.55. The van der Waals surface area contributed by atoms with Crippen LogP contribution >= 0.6 is 0 Å². The fourth-order valence-electron chi connectivity index (χ4n) is 2.20. The minimum absolute atomic E-state index is 0.205. The van der Waals surface area contributed by atoms with Gasteiger partial charge < -0.3 is 20.5 Å². The third kappa shape index (κ3) is 5.07. The Hall–Kier alpha value is -2.08. The molecule has 114 valence electrons. The van der Waals surface area contributed by atoms with Crippen LogP contribution in [-0.4, -0.2) is 36.9 Å². The number of hydrogen-bond acceptors (Lipinski definition) is 3. The van der Waals surface area contributed by atoms with Crippen molar-refractivity contribution in [3.8, 4) is 0 Å². The quantitative estimate of drug-likeness (QED) is 0.769. The first kappa shape index (κ1) is 15.3. The summed E-state index contributed by atoms with van der Waals surface area (Å²) in [6.45, 7) is 2.57. The molecule has 1 aromatic carbocycles. The van der Waals surface area contributed by atoms with Crippen LogP contribution in [0.4, 0.5) is 4.79 Å². The van der Waals surface area contributed by atoms with Crippen LogP contribution in [0.2, 0.25) is 0 Å². The molecule has 6 heteroatoms. The first-order valence-electron chi connectivity index (χ1n) is 7.07. The highest BCUT2D eigenvalue weighted by Crippen LogP contribution is 2.13. The number of benzene rings is 1. The molecule has 1 aliphatic heterocycles. The van der Waals surface area contributed by atoms with Crippen molar-refractivity contribution in [2.75, 3.05) is 19.8 Å². The van der Waals surface area contributed by atoms with Gasteiger partial charge in [0.25, 0.3) is 0 Å². The van der Waals surface area contributed by atoms with Gasteiger partial charge in [0.1, 0.15) is 0 Å². The van der Waals surface area contributed by atoms with Gasteiger partial charge in [-0.25, -0.2) is 9.59 Å². The van der Waals surface area contributed by atoms with Gasteiger partial charge in [-0.3, -0.25) is 0 Å². The van der Waals surface area contributed by atoms with Gasteiger partial charge in [0.15, 0.2) is 0 Å². The molecule has 1 heterocycles. The SMILES string of the molecule is O=C(NCc1ccc(C(=O)O)cc1)NCC1CCOCC1. The summed E-state index contributed by atoms with van der Waals surface area (Å²) < 4.78 is 5.27. The van der Waals surface area contributed by atoms with Crippen LogP contribution in [0, 0.1) is 5.92 Å². The largest absolute Gasteiger partial charge is 0.478 e. The lowest BCUT2D eigenvalue weighted by molar-refractivity contribution is 0.0669. The molecule has 1 fully saturated rings. The lowest BCUT2D eigenvalue weighted by Gasteiger charge is -2.22. The second kappa shape index (κ2) is 7.64. The molecular weight excluding hydrogens is 272 g/mol. The summed E-state index contributed by atoms with van der Waals surface area (Å²) in [6.07, 6.45) is 1.97. The molecule has 1 aromatic rings. The molecule has 1 aliphatic rings. The van der Waals surface area contributed by atoms with E-state index in [4.69, 9.17) is 9.84 Å². The molecule has 0 unspecified atom stereocenters. The molecule has 6 nitrogen and oxygen atoms in total. The maximum absolute atomic E-state index is 11.7. The van der Waals surface area contributed by atoms with E-state index < -0.39 is 5.97 Å². The summed E-state index contributed by atoms with van der Waals surface area (Å²) in [4.78, 5) is 22.4. The monoisotopic (exact) mass is 292 g/mol. The van der Waals surface area contributed by atoms with Gasteiger partial charge in [-0.15, -0.1) is 0 Å². The first-order chi connectivity index (χ1) is 10.1. The summed E-state index contributed by atoms with van der Waals surface area (Å²) in [5.41, 5.74) is 1.10. The highest BCUT2D eigenvalue weighted by atomic mass is 16.5. The van der Waals surface area contributed by atoms with Gasteiger partial charge in [-0.1, -0.05) is 12.1 Å². The van der Waals surface area contributed by atoms with E-state index in [-0.39, 0.29) is 11.6 Å². The molecule has 0 aromatic heterocycles. The van der Waals surface area contributed by atoms with Crippen molar-refractivity contribution >= 4 is 12.0 Å². The van der Waals surface area contributed by atoms with Gasteiger partial charge in [0, 0.05) is 26.3 Å². The Morgan fingerprint density at radius 1 is 1.14 bits per heavy atom. The number of urea groups is 1. The van der Waals surface area contributed by atoms with E-state index in [0.717, 1.165) is 31.6 Å². The number of ether oxygens (including phenoxy) is 1. The maximum atomic E-state index is 11.7. The summed E-state index contributed by atoms with van der Waals surface area (Å²) in [7, 11) is 0. The van der Waals surface area contributed by atoms with Crippen LogP contribution in [0.3, 0.4) is 0 Å². The van der Waals surface area contributed by atoms with Gasteiger partial charge in [0.05, 0.1) is 5.56 Å². The zero-order valence-electron chi connectivity index (χ0n) is 11.8. The molecule has 0 spiro atoms. The van der Waals surface area contributed by atoms with Crippen molar-refractivity contribution in [1.29, 1.82) is 0 Å². The number of nitrogens with one attached hydrogen (secondary N) is 2. The lowest BCUT2D eigenvalue weighted by Crippen LogP contribution is -2.39. The molecule has 1 saturated heterocycles. The van der Waals surface area contributed by atoms with Crippen LogP contribution in [0.1, 0.15) is 28.8 Å². The first-order valence-corrected chi connectivity index (χ1v) is 7.07. The normalized spacial score (nSPS) is 15.4. The minimum Gasteiger partial charge on any atom is -0.478 e. The van der Waals surface area contributed by atoms with E-state index in [1.807, 2.05) is 0 Å². The topological polar surface area (TPSA) is 87.7 Å². The Labute approximate surface area is 123 Å². The average Bonchev–Trinajstić information content (AvgIpc) is 2.52. The third-order valence-corrected chi connectivity index (χ3v) is 3.55. The Kier molecular flexibility index (Phi) is 5.57. The van der Waals surface area contributed by atoms with E-state index in [1.165, 1.54) is 12.1 Å². The van der Waals surface area contributed by atoms with Crippen LogP contribution in [0.15, 0.2) is 24.3 Å². The van der Waals surface area contributed by atoms with Crippen LogP contribution in [0.25, 0.3) is 0 Å². The van der Waals surface area contributed by atoms with Crippen LogP contribution in [0.5, 0.6) is 0 Å². The number of carbonyl (C=O) groups is 2. The molecule has 0 radical (unpaired) electrons. The summed E-state index contributed by atoms with van der Waals surface area (Å²) >= 11 is 0. The molecule has 0 atom stereocenters. The Morgan fingerprint density at radius 2 is 1.81 bits per heavy atom. The van der Waals surface area contributed by atoms with Gasteiger partial charge in [-0.05, 0) is 36.5 Å². The van der Waals surface area contributed by atoms with Crippen LogP contribution < -0.4 is 10.6 Å². The molecule has 2 rings (SSSR count). The standard InChI is InChI=1S/C15H20N2O4/c18-14(19)13-3-1-11(2-4-13)9-16-15(20)17-10-12-5-7-21-8-6-12/h1-4,12H,5-10H2,(H,18,19)(H2,16,17,20). The number of carbonyl (C=O) groups excluding carboxylic acids is 1. The zero-order valence-corrected chi connectivity index (χ0v) is 11.8. The summed E-state index contributed by atoms with van der Waals surface area (Å²) in [6, 6.07) is 6.24. The number of carboxylic acids is 1. The fourth-order valence-corrected chi connectivity index (χ4v) is 2.20. The van der Waals surface area contributed by atoms with Crippen molar-refractivity contribution in [2.24, 2.45) is 5.92 Å². The number of hydrogen-bond donors (Lipinski definition) is 3. The van der Waals surface area contributed by atoms with E-state index in [9.17, 15) is 9.59 Å². The van der Waals surface area contributed by atoms with E-state index in [2.05, 4.69) is 10.6 Å². The number of rotatable bonds is 5. The molecule has 2 amide bonds. The Bertz CT molecular complexity index is 481. The molecule has 3 N–H and O–H groups in total. The molecular formula is C15H20N2O4. The summed E-state index contributed by atoms with van der Waals surface area (Å²) in [5.74, 6) is -0.469. The molecule has 0 bridgehead atoms. The highest BCUT2D eigenvalue weighted by Gasteiger charge is 2.14. The molecule has 21 heavy (non-hydrogen) atoms. The Morgan fingerprint density at radius 3 is 2.43 bits per heavy atom. The van der Waals surface area contributed by atoms with E-state index in [0.29, 0.717) is 19.0 Å². The second-order valence-corrected chi connectivity index (χ2v) is 5.12. The number of carboxylic acid groups (broad SMARTS) is 1. The van der Waals surface area contributed by atoms with Gasteiger partial charge >= 0.3 is 12.0 Å². The number of amides is 2. The van der Waals surface area contributed by atoms with Crippen LogP contribution in [-0.2, 0) is 11.3 Å². The molecule has 0 aliphatic carbocycles. The maximum Gasteiger partial charge on any atom is 0.335 e. The van der Waals surface area contributed by atoms with Crippen molar-refractivity contribution < 1.29 is 19.4 Å². The zero-order chi connectivity index (χ0) is 15.1. The highest BCUT2D eigenvalue weighted by molar-refractivity contribution is 5.87. The van der Waals surface area contributed by atoms with Crippen molar-refractivity contribution in [2.45, 2.75) is 19.4 Å².